The zero-order valence-electron chi connectivity index (χ0n) is 13.7. The van der Waals surface area contributed by atoms with Gasteiger partial charge in [0.1, 0.15) is 0 Å². The summed E-state index contributed by atoms with van der Waals surface area (Å²) in [5, 5.41) is 11.4. The van der Waals surface area contributed by atoms with Crippen molar-refractivity contribution >= 4 is 40.7 Å². The van der Waals surface area contributed by atoms with Gasteiger partial charge in [-0.15, -0.1) is 10.2 Å². The molecule has 0 fully saturated rings. The lowest BCUT2D eigenvalue weighted by Crippen LogP contribution is -2.07. The summed E-state index contributed by atoms with van der Waals surface area (Å²) in [6, 6.07) is 13.8. The van der Waals surface area contributed by atoms with Crippen LogP contribution in [0.25, 0.3) is 11.5 Å². The van der Waals surface area contributed by atoms with Crippen LogP contribution in [0.3, 0.4) is 0 Å². The SMILES string of the molecule is CC(=O)Nc1ccc(C(=O)CSc2nnc(-c3cccc(Cl)c3)o2)cc1. The van der Waals surface area contributed by atoms with Gasteiger partial charge >= 0.3 is 0 Å². The molecule has 0 atom stereocenters. The molecule has 0 aliphatic heterocycles. The van der Waals surface area contributed by atoms with Gasteiger partial charge in [-0.1, -0.05) is 29.4 Å². The van der Waals surface area contributed by atoms with Crippen molar-refractivity contribution in [2.24, 2.45) is 0 Å². The Kier molecular flexibility index (Phi) is 5.70. The fourth-order valence-corrected chi connectivity index (χ4v) is 3.01. The van der Waals surface area contributed by atoms with E-state index in [-0.39, 0.29) is 17.4 Å². The molecule has 3 aromatic rings. The van der Waals surface area contributed by atoms with Crippen molar-refractivity contribution < 1.29 is 14.0 Å². The summed E-state index contributed by atoms with van der Waals surface area (Å²) in [6.07, 6.45) is 0. The number of hydrogen-bond acceptors (Lipinski definition) is 6. The molecule has 1 amide bonds. The zero-order valence-corrected chi connectivity index (χ0v) is 15.3. The van der Waals surface area contributed by atoms with E-state index in [0.29, 0.717) is 27.4 Å². The highest BCUT2D eigenvalue weighted by atomic mass is 35.5. The molecule has 0 aliphatic carbocycles. The van der Waals surface area contributed by atoms with E-state index in [2.05, 4.69) is 15.5 Å². The summed E-state index contributed by atoms with van der Waals surface area (Å²) in [5.74, 6) is 0.275. The van der Waals surface area contributed by atoms with Crippen LogP contribution >= 0.6 is 23.4 Å². The van der Waals surface area contributed by atoms with Gasteiger partial charge in [0.05, 0.1) is 5.75 Å². The maximum absolute atomic E-state index is 12.3. The Balaban J connectivity index is 1.60. The molecule has 0 unspecified atom stereocenters. The second-order valence-electron chi connectivity index (χ2n) is 5.35. The number of benzene rings is 2. The van der Waals surface area contributed by atoms with Gasteiger partial charge in [-0.3, -0.25) is 9.59 Å². The molecule has 6 nitrogen and oxygen atoms in total. The molecule has 1 aromatic heterocycles. The largest absolute Gasteiger partial charge is 0.411 e. The number of carbonyl (C=O) groups is 2. The Labute approximate surface area is 159 Å². The Morgan fingerprint density at radius 1 is 1.15 bits per heavy atom. The molecule has 26 heavy (non-hydrogen) atoms. The molecular formula is C18H14ClN3O3S. The smallest absolute Gasteiger partial charge is 0.277 e. The number of aromatic nitrogens is 2. The normalized spacial score (nSPS) is 10.5. The van der Waals surface area contributed by atoms with E-state index >= 15 is 0 Å². The van der Waals surface area contributed by atoms with Crippen LogP contribution in [0, 0.1) is 0 Å². The van der Waals surface area contributed by atoms with Crippen LogP contribution in [-0.2, 0) is 4.79 Å². The van der Waals surface area contributed by atoms with E-state index in [1.165, 1.54) is 18.7 Å². The molecule has 1 heterocycles. The van der Waals surface area contributed by atoms with Crippen LogP contribution in [0.5, 0.6) is 0 Å². The molecule has 1 N–H and O–H groups in total. The van der Waals surface area contributed by atoms with E-state index in [9.17, 15) is 9.59 Å². The van der Waals surface area contributed by atoms with Crippen LogP contribution in [0.4, 0.5) is 5.69 Å². The molecule has 0 radical (unpaired) electrons. The third-order valence-electron chi connectivity index (χ3n) is 3.33. The number of ketones is 1. The summed E-state index contributed by atoms with van der Waals surface area (Å²) in [4.78, 5) is 23.3. The van der Waals surface area contributed by atoms with Crippen LogP contribution < -0.4 is 5.32 Å². The predicted molar refractivity (Wildman–Crippen MR) is 101 cm³/mol. The number of Topliss-reactive ketones (excluding diaryl/α,β-unsaturated/α-hetero) is 1. The molecule has 0 saturated heterocycles. The number of anilines is 1. The molecule has 132 valence electrons. The minimum atomic E-state index is -0.161. The van der Waals surface area contributed by atoms with E-state index in [0.717, 1.165) is 5.56 Å². The number of nitrogens with one attached hydrogen (secondary N) is 1. The summed E-state index contributed by atoms with van der Waals surface area (Å²) < 4.78 is 5.56. The first-order valence-electron chi connectivity index (χ1n) is 7.64. The molecule has 0 bridgehead atoms. The third-order valence-corrected chi connectivity index (χ3v) is 4.39. The average molecular weight is 388 g/mol. The van der Waals surface area contributed by atoms with E-state index in [1.807, 2.05) is 6.07 Å². The van der Waals surface area contributed by atoms with Crippen LogP contribution in [-0.4, -0.2) is 27.6 Å². The van der Waals surface area contributed by atoms with Gasteiger partial charge in [-0.25, -0.2) is 0 Å². The van der Waals surface area contributed by atoms with Crippen molar-refractivity contribution in [3.8, 4) is 11.5 Å². The maximum atomic E-state index is 12.3. The fraction of sp³-hybridized carbons (Fsp3) is 0.111. The van der Waals surface area contributed by atoms with Crippen LogP contribution in [0.15, 0.2) is 58.2 Å². The minimum Gasteiger partial charge on any atom is -0.411 e. The standard InChI is InChI=1S/C18H14ClN3O3S/c1-11(23)20-15-7-5-12(6-8-15)16(24)10-26-18-22-21-17(25-18)13-3-2-4-14(19)9-13/h2-9H,10H2,1H3,(H,20,23). The lowest BCUT2D eigenvalue weighted by molar-refractivity contribution is -0.114. The Morgan fingerprint density at radius 2 is 1.92 bits per heavy atom. The first-order chi connectivity index (χ1) is 12.5. The minimum absolute atomic E-state index is 0.0770. The summed E-state index contributed by atoms with van der Waals surface area (Å²) in [5.41, 5.74) is 1.91. The number of halogens is 1. The van der Waals surface area contributed by atoms with Gasteiger partial charge in [0, 0.05) is 28.8 Å². The summed E-state index contributed by atoms with van der Waals surface area (Å²) >= 11 is 7.11. The number of rotatable bonds is 6. The highest BCUT2D eigenvalue weighted by Crippen LogP contribution is 2.25. The molecule has 8 heteroatoms. The number of carbonyl (C=O) groups excluding carboxylic acids is 2. The Hall–Kier alpha value is -2.64. The van der Waals surface area contributed by atoms with E-state index < -0.39 is 0 Å². The second-order valence-corrected chi connectivity index (χ2v) is 6.72. The van der Waals surface area contributed by atoms with Crippen molar-refractivity contribution in [2.45, 2.75) is 12.1 Å². The number of amides is 1. The molecule has 0 spiro atoms. The Bertz CT molecular complexity index is 941. The van der Waals surface area contributed by atoms with E-state index in [4.69, 9.17) is 16.0 Å². The Morgan fingerprint density at radius 3 is 2.62 bits per heavy atom. The lowest BCUT2D eigenvalue weighted by atomic mass is 10.1. The molecular weight excluding hydrogens is 374 g/mol. The van der Waals surface area contributed by atoms with Gasteiger partial charge in [-0.05, 0) is 42.5 Å². The number of nitrogens with zero attached hydrogens (tertiary/aromatic N) is 2. The van der Waals surface area contributed by atoms with Crippen molar-refractivity contribution in [1.82, 2.24) is 10.2 Å². The second kappa shape index (κ2) is 8.16. The van der Waals surface area contributed by atoms with Crippen LogP contribution in [0.2, 0.25) is 5.02 Å². The summed E-state index contributed by atoms with van der Waals surface area (Å²) in [7, 11) is 0. The number of hydrogen-bond donors (Lipinski definition) is 1. The van der Waals surface area contributed by atoms with Gasteiger partial charge in [0.15, 0.2) is 5.78 Å². The lowest BCUT2D eigenvalue weighted by Gasteiger charge is -2.03. The highest BCUT2D eigenvalue weighted by Gasteiger charge is 2.13. The maximum Gasteiger partial charge on any atom is 0.277 e. The molecule has 2 aromatic carbocycles. The van der Waals surface area contributed by atoms with Crippen molar-refractivity contribution in [3.05, 3.63) is 59.1 Å². The molecule has 0 saturated carbocycles. The summed E-state index contributed by atoms with van der Waals surface area (Å²) in [6.45, 7) is 1.43. The quantitative estimate of drug-likeness (QED) is 0.500. The fourth-order valence-electron chi connectivity index (χ4n) is 2.16. The van der Waals surface area contributed by atoms with Crippen molar-refractivity contribution in [3.63, 3.8) is 0 Å². The van der Waals surface area contributed by atoms with Gasteiger partial charge < -0.3 is 9.73 Å². The van der Waals surface area contributed by atoms with Crippen molar-refractivity contribution in [1.29, 1.82) is 0 Å². The predicted octanol–water partition coefficient (Wildman–Crippen LogP) is 4.32. The van der Waals surface area contributed by atoms with Gasteiger partial charge in [-0.2, -0.15) is 0 Å². The van der Waals surface area contributed by atoms with Crippen LogP contribution in [0.1, 0.15) is 17.3 Å². The first-order valence-corrected chi connectivity index (χ1v) is 9.01. The van der Waals surface area contributed by atoms with Gasteiger partial charge in [0.25, 0.3) is 5.22 Å². The van der Waals surface area contributed by atoms with Crippen molar-refractivity contribution in [2.75, 3.05) is 11.1 Å². The third kappa shape index (κ3) is 4.71. The first kappa shape index (κ1) is 18.2. The molecule has 0 aliphatic rings. The topological polar surface area (TPSA) is 85.1 Å². The molecule has 3 rings (SSSR count). The monoisotopic (exact) mass is 387 g/mol. The average Bonchev–Trinajstić information content (AvgIpc) is 3.09. The van der Waals surface area contributed by atoms with Gasteiger partial charge in [0.2, 0.25) is 11.8 Å². The number of thioether (sulfide) groups is 1. The highest BCUT2D eigenvalue weighted by molar-refractivity contribution is 7.99. The zero-order chi connectivity index (χ0) is 18.5. The van der Waals surface area contributed by atoms with E-state index in [1.54, 1.807) is 42.5 Å².